The number of carbonyl (C=O) groups is 2. The second kappa shape index (κ2) is 15.9. The van der Waals surface area contributed by atoms with Crippen LogP contribution in [0.2, 0.25) is 10.2 Å². The second-order valence-electron chi connectivity index (χ2n) is 17.0. The number of methoxy groups -OCH3 is 1. The number of rotatable bonds is 9. The number of anilines is 1. The predicted molar refractivity (Wildman–Crippen MR) is 219 cm³/mol. The lowest BCUT2D eigenvalue weighted by Crippen LogP contribution is -2.64. The van der Waals surface area contributed by atoms with Crippen LogP contribution in [-0.4, -0.2) is 82.1 Å². The van der Waals surface area contributed by atoms with Crippen molar-refractivity contribution in [1.82, 2.24) is 15.2 Å². The Morgan fingerprint density at radius 2 is 1.71 bits per heavy atom. The molecule has 3 fully saturated rings. The van der Waals surface area contributed by atoms with E-state index in [-0.39, 0.29) is 29.3 Å². The van der Waals surface area contributed by atoms with Crippen molar-refractivity contribution in [3.8, 4) is 0 Å². The fourth-order valence-electron chi connectivity index (χ4n) is 10.7. The maximum absolute atomic E-state index is 17.1. The first-order chi connectivity index (χ1) is 27.9. The minimum Gasteiger partial charge on any atom is -0.394 e. The number of pyridine rings is 1. The van der Waals surface area contributed by atoms with Gasteiger partial charge in [0, 0.05) is 35.5 Å². The Morgan fingerprint density at radius 1 is 1.03 bits per heavy atom. The molecule has 1 aromatic heterocycles. The maximum Gasteiger partial charge on any atom is 0.238 e. The molecule has 4 N–H and O–H groups in total. The molecule has 8 rings (SSSR count). The highest BCUT2D eigenvalue weighted by molar-refractivity contribution is 6.31. The molecule has 0 unspecified atom stereocenters. The first kappa shape index (κ1) is 40.8. The molecule has 8 atom stereocenters. The number of halogens is 3. The number of hydrogen-bond acceptors (Lipinski definition) is 8. The summed E-state index contributed by atoms with van der Waals surface area (Å²) in [5.41, 5.74) is -0.490. The number of aliphatic hydroxyl groups excluding tert-OH is 2. The summed E-state index contributed by atoms with van der Waals surface area (Å²) in [5.74, 6) is -2.91. The van der Waals surface area contributed by atoms with Crippen LogP contribution in [0, 0.1) is 11.2 Å². The van der Waals surface area contributed by atoms with Crippen molar-refractivity contribution in [3.63, 3.8) is 0 Å². The smallest absolute Gasteiger partial charge is 0.238 e. The van der Waals surface area contributed by atoms with Gasteiger partial charge in [0.05, 0.1) is 43.5 Å². The van der Waals surface area contributed by atoms with Crippen LogP contribution >= 0.6 is 23.2 Å². The average Bonchev–Trinajstić information content (AvgIpc) is 3.65. The number of likely N-dealkylation sites (tertiary alicyclic amines) is 1. The fourth-order valence-corrected chi connectivity index (χ4v) is 11.0. The average molecular weight is 832 g/mol. The summed E-state index contributed by atoms with van der Waals surface area (Å²) in [6.07, 6.45) is 1.63. The summed E-state index contributed by atoms with van der Waals surface area (Å²) >= 11 is 13.1. The van der Waals surface area contributed by atoms with Crippen molar-refractivity contribution in [2.45, 2.75) is 99.3 Å². The van der Waals surface area contributed by atoms with Gasteiger partial charge in [-0.15, -0.1) is 0 Å². The van der Waals surface area contributed by atoms with E-state index < -0.39 is 70.9 Å². The van der Waals surface area contributed by atoms with Crippen LogP contribution in [0.1, 0.15) is 86.3 Å². The lowest BCUT2D eigenvalue weighted by atomic mass is 9.53. The van der Waals surface area contributed by atoms with Gasteiger partial charge in [-0.05, 0) is 78.0 Å². The molecule has 13 heteroatoms. The predicted octanol–water partition coefficient (Wildman–Crippen LogP) is 7.28. The molecule has 3 aliphatic heterocycles. The molecule has 306 valence electrons. The number of nitrogens with one attached hydrogen (secondary N) is 2. The van der Waals surface area contributed by atoms with Gasteiger partial charge in [-0.25, -0.2) is 9.37 Å². The first-order valence-electron chi connectivity index (χ1n) is 19.9. The Hall–Kier alpha value is -3.94. The van der Waals surface area contributed by atoms with Crippen LogP contribution in [0.3, 0.4) is 0 Å². The Kier molecular flexibility index (Phi) is 11.2. The molecule has 0 bridgehead atoms. The van der Waals surface area contributed by atoms with Crippen molar-refractivity contribution < 1.29 is 33.7 Å². The van der Waals surface area contributed by atoms with E-state index in [1.807, 2.05) is 66.7 Å². The van der Waals surface area contributed by atoms with Crippen LogP contribution < -0.4 is 10.6 Å². The third kappa shape index (κ3) is 6.63. The highest BCUT2D eigenvalue weighted by Crippen LogP contribution is 2.69. The lowest BCUT2D eigenvalue weighted by Gasteiger charge is -2.56. The molecular formula is C45H49Cl2FN4O6. The fraction of sp³-hybridized carbons (Fsp3) is 0.444. The molecule has 0 radical (unpaired) electrons. The van der Waals surface area contributed by atoms with Gasteiger partial charge in [0.2, 0.25) is 11.8 Å². The van der Waals surface area contributed by atoms with Gasteiger partial charge >= 0.3 is 0 Å². The number of ether oxygens (including phenoxy) is 2. The van der Waals surface area contributed by atoms with Crippen LogP contribution in [0.25, 0.3) is 0 Å². The van der Waals surface area contributed by atoms with Crippen molar-refractivity contribution >= 4 is 40.7 Å². The quantitative estimate of drug-likeness (QED) is 0.130. The summed E-state index contributed by atoms with van der Waals surface area (Å²) in [7, 11) is 1.53. The zero-order valence-electron chi connectivity index (χ0n) is 32.7. The van der Waals surface area contributed by atoms with E-state index in [4.69, 9.17) is 32.7 Å². The van der Waals surface area contributed by atoms with E-state index in [1.165, 1.54) is 19.4 Å². The zero-order valence-corrected chi connectivity index (χ0v) is 34.2. The molecule has 1 saturated carbocycles. The monoisotopic (exact) mass is 830 g/mol. The number of aliphatic hydroxyl groups is 2. The minimum atomic E-state index is -1.61. The van der Waals surface area contributed by atoms with Gasteiger partial charge in [-0.3, -0.25) is 14.5 Å². The van der Waals surface area contributed by atoms with Crippen LogP contribution in [0.15, 0.2) is 91.1 Å². The van der Waals surface area contributed by atoms with E-state index in [0.717, 1.165) is 0 Å². The van der Waals surface area contributed by atoms with E-state index in [2.05, 4.69) is 34.4 Å². The van der Waals surface area contributed by atoms with Crippen molar-refractivity contribution in [2.75, 3.05) is 25.6 Å². The molecule has 2 spiro atoms. The van der Waals surface area contributed by atoms with Gasteiger partial charge in [0.15, 0.2) is 11.0 Å². The number of nitrogens with zero attached hydrogens (tertiary/aromatic N) is 2. The Labute approximate surface area is 348 Å². The van der Waals surface area contributed by atoms with E-state index in [0.29, 0.717) is 59.5 Å². The Balaban J connectivity index is 1.45. The number of amides is 2. The van der Waals surface area contributed by atoms with Crippen LogP contribution in [-0.2, 0) is 24.5 Å². The minimum absolute atomic E-state index is 0.0563. The Bertz CT molecular complexity index is 2150. The second-order valence-corrected chi connectivity index (χ2v) is 17.8. The number of hydrogen-bond donors (Lipinski definition) is 4. The van der Waals surface area contributed by atoms with E-state index >= 15 is 14.0 Å². The highest BCUT2D eigenvalue weighted by Gasteiger charge is 2.77. The van der Waals surface area contributed by atoms with Crippen molar-refractivity contribution in [3.05, 3.63) is 129 Å². The maximum atomic E-state index is 17.1. The molecule has 10 nitrogen and oxygen atoms in total. The van der Waals surface area contributed by atoms with E-state index in [1.54, 1.807) is 12.1 Å². The molecule has 58 heavy (non-hydrogen) atoms. The largest absolute Gasteiger partial charge is 0.394 e. The van der Waals surface area contributed by atoms with Gasteiger partial charge in [0.25, 0.3) is 0 Å². The molecule has 2 saturated heterocycles. The summed E-state index contributed by atoms with van der Waals surface area (Å²) in [6.45, 7) is 4.22. The molecule has 2 amide bonds. The zero-order chi connectivity index (χ0) is 41.0. The number of benzene rings is 3. The van der Waals surface area contributed by atoms with Crippen molar-refractivity contribution in [1.29, 1.82) is 0 Å². The first-order valence-corrected chi connectivity index (χ1v) is 20.7. The standard InChI is InChI=1S/C45H49Cl2FN4O6/c1-43(2)17-19-44(20-18-43)45(31-15-14-28(46)22-32(31)51-42(45)56)35(30-16-21-49-40(47)36(30)48)38(41(55)50-29-23-33(57-3)34(24-53)58-25-29)52(44)37(26-10-6-4-7-11-26)39(54)27-12-8-5-9-13-27/h4-16,21-22,29,33-35,37-39,53-54H,17-20,23-25H2,1-3H3,(H,50,55)(H,51,56)/t29-,33+,34-,35+,37-,38-,39+,45-/m1/s1. The van der Waals surface area contributed by atoms with Crippen molar-refractivity contribution in [2.24, 2.45) is 5.41 Å². The topological polar surface area (TPSA) is 133 Å². The molecule has 1 aliphatic carbocycles. The van der Waals surface area contributed by atoms with Crippen LogP contribution in [0.5, 0.6) is 0 Å². The van der Waals surface area contributed by atoms with Gasteiger partial charge < -0.3 is 30.3 Å². The SMILES string of the molecule is CO[C@H]1C[C@@H](NC(=O)[C@H]2[C@H](c3ccnc(Cl)c3F)[C@]3(C(=O)Nc4cc(Cl)ccc43)C3(CCC(C)(C)CC3)N2[C@H](c2ccccc2)[C@@H](O)c2ccccc2)CO[C@@H]1CO. The van der Waals surface area contributed by atoms with Crippen LogP contribution in [0.4, 0.5) is 10.1 Å². The number of aromatic nitrogens is 1. The number of fused-ring (bicyclic) bond motifs is 3. The third-order valence-corrected chi connectivity index (χ3v) is 13.9. The summed E-state index contributed by atoms with van der Waals surface area (Å²) in [4.78, 5) is 37.6. The molecule has 4 aliphatic rings. The summed E-state index contributed by atoms with van der Waals surface area (Å²) < 4.78 is 28.7. The third-order valence-electron chi connectivity index (χ3n) is 13.4. The van der Waals surface area contributed by atoms with Gasteiger partial charge in [-0.2, -0.15) is 0 Å². The number of carbonyl (C=O) groups excluding carboxylic acids is 2. The molecular weight excluding hydrogens is 782 g/mol. The Morgan fingerprint density at radius 3 is 2.36 bits per heavy atom. The molecule has 4 heterocycles. The molecule has 3 aromatic carbocycles. The summed E-state index contributed by atoms with van der Waals surface area (Å²) in [5, 5.41) is 29.3. The summed E-state index contributed by atoms with van der Waals surface area (Å²) in [6, 6.07) is 22.8. The molecule has 4 aromatic rings. The van der Waals surface area contributed by atoms with Gasteiger partial charge in [-0.1, -0.05) is 104 Å². The highest BCUT2D eigenvalue weighted by atomic mass is 35.5. The van der Waals surface area contributed by atoms with E-state index in [9.17, 15) is 10.2 Å². The van der Waals surface area contributed by atoms with Gasteiger partial charge in [0.1, 0.15) is 11.5 Å². The normalized spacial score (nSPS) is 28.6. The lowest BCUT2D eigenvalue weighted by molar-refractivity contribution is -0.142.